The lowest BCUT2D eigenvalue weighted by Crippen LogP contribution is -2.20. The molecule has 1 amide bonds. The minimum absolute atomic E-state index is 0.157. The van der Waals surface area contributed by atoms with Crippen LogP contribution in [0.25, 0.3) is 12.2 Å². The molecule has 0 fully saturated rings. The van der Waals surface area contributed by atoms with Crippen LogP contribution in [0.3, 0.4) is 0 Å². The first-order chi connectivity index (χ1) is 15.3. The molecule has 3 heterocycles. The molecule has 3 aromatic heterocycles. The summed E-state index contributed by atoms with van der Waals surface area (Å²) in [4.78, 5) is 13.7. The van der Waals surface area contributed by atoms with Crippen molar-refractivity contribution >= 4 is 46.2 Å². The first-order valence-electron chi connectivity index (χ1n) is 10.1. The van der Waals surface area contributed by atoms with E-state index < -0.39 is 0 Å². The van der Waals surface area contributed by atoms with Crippen molar-refractivity contribution in [2.45, 2.75) is 37.8 Å². The summed E-state index contributed by atoms with van der Waals surface area (Å²) in [6, 6.07) is 6.16. The van der Waals surface area contributed by atoms with E-state index in [2.05, 4.69) is 35.4 Å². The van der Waals surface area contributed by atoms with Crippen molar-refractivity contribution in [3.8, 4) is 6.07 Å². The van der Waals surface area contributed by atoms with E-state index in [-0.39, 0.29) is 17.1 Å². The van der Waals surface area contributed by atoms with Crippen LogP contribution in [0, 0.1) is 18.3 Å². The largest absolute Gasteiger partial charge is 0.462 e. The molecular formula is C23H23N5O2S2. The summed E-state index contributed by atoms with van der Waals surface area (Å²) in [5.74, 6) is 1.68. The normalized spacial score (nSPS) is 14.8. The highest BCUT2D eigenvalue weighted by Crippen LogP contribution is 2.47. The van der Waals surface area contributed by atoms with E-state index in [1.54, 1.807) is 10.9 Å². The lowest BCUT2D eigenvalue weighted by atomic mass is 9.77. The van der Waals surface area contributed by atoms with Gasteiger partial charge in [-0.25, -0.2) is 0 Å². The number of fused-ring (bicyclic) bond motifs is 1. The number of hydrogen-bond donors (Lipinski definition) is 1. The maximum absolute atomic E-state index is 12.6. The van der Waals surface area contributed by atoms with Crippen LogP contribution in [0.2, 0.25) is 0 Å². The number of furan rings is 1. The second kappa shape index (κ2) is 8.81. The zero-order valence-electron chi connectivity index (χ0n) is 18.3. The Bertz CT molecular complexity index is 1270. The fourth-order valence-corrected chi connectivity index (χ4v) is 5.58. The van der Waals surface area contributed by atoms with Crippen molar-refractivity contribution in [2.24, 2.45) is 7.05 Å². The molecule has 9 heteroatoms. The lowest BCUT2D eigenvalue weighted by molar-refractivity contribution is -0.113. The summed E-state index contributed by atoms with van der Waals surface area (Å²) in [5.41, 5.74) is 2.35. The summed E-state index contributed by atoms with van der Waals surface area (Å²) >= 11 is 2.79. The van der Waals surface area contributed by atoms with Gasteiger partial charge in [-0.05, 0) is 43.2 Å². The minimum Gasteiger partial charge on any atom is -0.462 e. The number of nitrogens with zero attached hydrogens (tertiary/aromatic N) is 4. The predicted molar refractivity (Wildman–Crippen MR) is 127 cm³/mol. The van der Waals surface area contributed by atoms with Crippen LogP contribution in [0.1, 0.15) is 47.8 Å². The molecule has 1 N–H and O–H groups in total. The number of rotatable bonds is 6. The van der Waals surface area contributed by atoms with Crippen molar-refractivity contribution in [1.82, 2.24) is 14.8 Å². The molecule has 0 saturated carbocycles. The zero-order valence-corrected chi connectivity index (χ0v) is 19.9. The quantitative estimate of drug-likeness (QED) is 0.505. The van der Waals surface area contributed by atoms with Crippen LogP contribution in [0.15, 0.2) is 39.7 Å². The number of thiophene rings is 1. The van der Waals surface area contributed by atoms with E-state index in [9.17, 15) is 10.1 Å². The van der Waals surface area contributed by atoms with E-state index in [4.69, 9.17) is 4.42 Å². The van der Waals surface area contributed by atoms with E-state index in [0.29, 0.717) is 15.7 Å². The van der Waals surface area contributed by atoms with Gasteiger partial charge >= 0.3 is 0 Å². The molecule has 1 aliphatic carbocycles. The van der Waals surface area contributed by atoms with Crippen molar-refractivity contribution in [1.29, 1.82) is 5.26 Å². The fraction of sp³-hybridized carbons (Fsp3) is 0.304. The summed E-state index contributed by atoms with van der Waals surface area (Å²) < 4.78 is 7.38. The summed E-state index contributed by atoms with van der Waals surface area (Å²) in [6.45, 7) is 6.24. The van der Waals surface area contributed by atoms with Crippen molar-refractivity contribution in [2.75, 3.05) is 11.1 Å². The molecule has 164 valence electrons. The van der Waals surface area contributed by atoms with E-state index in [0.717, 1.165) is 34.0 Å². The highest BCUT2D eigenvalue weighted by molar-refractivity contribution is 7.99. The number of nitriles is 1. The predicted octanol–water partition coefficient (Wildman–Crippen LogP) is 5.16. The van der Waals surface area contributed by atoms with Gasteiger partial charge in [0.25, 0.3) is 0 Å². The van der Waals surface area contributed by atoms with Gasteiger partial charge in [0.15, 0.2) is 5.16 Å². The van der Waals surface area contributed by atoms with Gasteiger partial charge in [0.05, 0.1) is 11.3 Å². The van der Waals surface area contributed by atoms with E-state index >= 15 is 0 Å². The number of anilines is 1. The Morgan fingerprint density at radius 2 is 2.25 bits per heavy atom. The topological polar surface area (TPSA) is 96.7 Å². The zero-order chi connectivity index (χ0) is 22.9. The lowest BCUT2D eigenvalue weighted by Gasteiger charge is -2.29. The van der Waals surface area contributed by atoms with Gasteiger partial charge < -0.3 is 14.3 Å². The van der Waals surface area contributed by atoms with Crippen LogP contribution < -0.4 is 5.32 Å². The molecule has 0 aromatic carbocycles. The van der Waals surface area contributed by atoms with Crippen molar-refractivity contribution in [3.63, 3.8) is 0 Å². The Balaban J connectivity index is 1.57. The number of amides is 1. The molecule has 0 radical (unpaired) electrons. The number of aryl methyl sites for hydroxylation is 2. The maximum Gasteiger partial charge on any atom is 0.235 e. The third-order valence-corrected chi connectivity index (χ3v) is 7.65. The van der Waals surface area contributed by atoms with Gasteiger partial charge in [0.2, 0.25) is 5.91 Å². The van der Waals surface area contributed by atoms with Gasteiger partial charge in [0, 0.05) is 22.9 Å². The average molecular weight is 466 g/mol. The molecule has 32 heavy (non-hydrogen) atoms. The molecule has 0 spiro atoms. The van der Waals surface area contributed by atoms with Gasteiger partial charge in [-0.2, -0.15) is 5.26 Å². The number of thioether (sulfide) groups is 1. The van der Waals surface area contributed by atoms with Crippen molar-refractivity contribution < 1.29 is 9.21 Å². The van der Waals surface area contributed by atoms with Crippen LogP contribution in [-0.2, 0) is 17.3 Å². The van der Waals surface area contributed by atoms with Gasteiger partial charge in [-0.3, -0.25) is 4.79 Å². The van der Waals surface area contributed by atoms with Crippen LogP contribution in [0.5, 0.6) is 0 Å². The number of nitrogens with one attached hydrogen (secondary N) is 1. The SMILES string of the molecule is Cc1ccc(/C=C/C2=Cc3c(sc(NC(=O)CSc4nncn4C)c3C#N)C(C)(C)C2)o1. The first-order valence-corrected chi connectivity index (χ1v) is 11.9. The fourth-order valence-electron chi connectivity index (χ4n) is 3.65. The summed E-state index contributed by atoms with van der Waals surface area (Å²) in [6.07, 6.45) is 8.46. The third kappa shape index (κ3) is 4.56. The smallest absolute Gasteiger partial charge is 0.235 e. The highest BCUT2D eigenvalue weighted by Gasteiger charge is 2.33. The average Bonchev–Trinajstić information content (AvgIpc) is 3.43. The van der Waals surface area contributed by atoms with Gasteiger partial charge in [-0.1, -0.05) is 31.7 Å². The summed E-state index contributed by atoms with van der Waals surface area (Å²) in [7, 11) is 1.83. The molecule has 0 atom stereocenters. The number of carbonyl (C=O) groups excluding carboxylic acids is 1. The van der Waals surface area contributed by atoms with E-state index in [1.807, 2.05) is 44.3 Å². The Kier molecular flexibility index (Phi) is 6.09. The molecule has 0 saturated heterocycles. The van der Waals surface area contributed by atoms with Crippen LogP contribution in [0.4, 0.5) is 5.00 Å². The van der Waals surface area contributed by atoms with Crippen LogP contribution in [-0.4, -0.2) is 26.4 Å². The number of allylic oxidation sites excluding steroid dienone is 2. The molecule has 4 rings (SSSR count). The molecular weight excluding hydrogens is 442 g/mol. The maximum atomic E-state index is 12.6. The summed E-state index contributed by atoms with van der Waals surface area (Å²) in [5, 5.41) is 21.9. The Labute approximate surface area is 194 Å². The van der Waals surface area contributed by atoms with E-state index in [1.165, 1.54) is 23.1 Å². The molecule has 7 nitrogen and oxygen atoms in total. The van der Waals surface area contributed by atoms with Crippen molar-refractivity contribution in [3.05, 3.63) is 57.6 Å². The molecule has 0 bridgehead atoms. The second-order valence-electron chi connectivity index (χ2n) is 8.28. The van der Waals surface area contributed by atoms with Gasteiger partial charge in [0.1, 0.15) is 28.9 Å². The monoisotopic (exact) mass is 465 g/mol. The van der Waals surface area contributed by atoms with Gasteiger partial charge in [-0.15, -0.1) is 21.5 Å². The number of carbonyl (C=O) groups is 1. The molecule has 0 unspecified atom stereocenters. The third-order valence-electron chi connectivity index (χ3n) is 5.13. The minimum atomic E-state index is -0.178. The Morgan fingerprint density at radius 1 is 1.44 bits per heavy atom. The second-order valence-corrected chi connectivity index (χ2v) is 10.2. The Morgan fingerprint density at radius 3 is 2.91 bits per heavy atom. The number of hydrogen-bond acceptors (Lipinski definition) is 7. The van der Waals surface area contributed by atoms with Crippen LogP contribution >= 0.6 is 23.1 Å². The molecule has 3 aromatic rings. The first kappa shape index (κ1) is 22.1. The standard InChI is InChI=1S/C23H23N5O2S2/c1-14-5-7-16(30-14)8-6-15-9-17-18(11-24)21(32-20(17)23(2,3)10-15)26-19(29)12-31-22-27-25-13-28(22)4/h5-9,13H,10,12H2,1-4H3,(H,26,29)/b8-6+. The Hall–Kier alpha value is -3.09. The number of aromatic nitrogens is 3. The molecule has 1 aliphatic rings. The molecule has 0 aliphatic heterocycles. The highest BCUT2D eigenvalue weighted by atomic mass is 32.2.